The largest absolute Gasteiger partial charge is 0.465 e. The summed E-state index contributed by atoms with van der Waals surface area (Å²) in [6.45, 7) is 16.3. The molecule has 0 fully saturated rings. The molecular formula is C27H49N3O8. The number of carbonyl (C=O) groups is 4. The maximum Gasteiger partial charge on any atom is 0.330 e. The van der Waals surface area contributed by atoms with Crippen molar-refractivity contribution in [3.8, 4) is 0 Å². The van der Waals surface area contributed by atoms with Crippen molar-refractivity contribution in [1.82, 2.24) is 16.0 Å². The molecule has 3 N–H and O–H groups in total. The Kier molecular flexibility index (Phi) is 19.1. The van der Waals surface area contributed by atoms with Crippen LogP contribution in [0, 0.1) is 5.41 Å². The zero-order valence-corrected chi connectivity index (χ0v) is 24.1. The smallest absolute Gasteiger partial charge is 0.330 e. The molecule has 0 heterocycles. The van der Waals surface area contributed by atoms with Crippen molar-refractivity contribution in [2.45, 2.75) is 85.4 Å². The van der Waals surface area contributed by atoms with E-state index < -0.39 is 17.4 Å². The van der Waals surface area contributed by atoms with Gasteiger partial charge in [0.25, 0.3) is 0 Å². The van der Waals surface area contributed by atoms with E-state index in [4.69, 9.17) is 18.9 Å². The van der Waals surface area contributed by atoms with E-state index in [-0.39, 0.29) is 75.8 Å². The molecule has 0 aromatic carbocycles. The highest BCUT2D eigenvalue weighted by atomic mass is 16.6. The third kappa shape index (κ3) is 18.7. The van der Waals surface area contributed by atoms with Crippen LogP contribution in [-0.4, -0.2) is 88.1 Å². The summed E-state index contributed by atoms with van der Waals surface area (Å²) in [5, 5.41) is 9.39. The molecule has 0 aromatic rings. The standard InChI is InChI=1S/C27H49N3O8/c1-8-23(31)35-16-22(7)30-15-12-26(34)38-19-27(9-2,17-36-24(32)10-13-28-20(3)4)18-37-25(33)11-14-29-21(5)6/h8,20-22,28-30H,1,9-19H2,2-7H3. The molecule has 11 nitrogen and oxygen atoms in total. The van der Waals surface area contributed by atoms with Gasteiger partial charge < -0.3 is 34.9 Å². The number of carbonyl (C=O) groups excluding carboxylic acids is 4. The first-order valence-corrected chi connectivity index (χ1v) is 13.4. The van der Waals surface area contributed by atoms with E-state index in [1.54, 1.807) is 0 Å². The summed E-state index contributed by atoms with van der Waals surface area (Å²) in [4.78, 5) is 48.1. The van der Waals surface area contributed by atoms with E-state index in [1.165, 1.54) is 0 Å². The van der Waals surface area contributed by atoms with Crippen molar-refractivity contribution in [2.24, 2.45) is 5.41 Å². The molecule has 0 rings (SSSR count). The fourth-order valence-corrected chi connectivity index (χ4v) is 3.02. The van der Waals surface area contributed by atoms with Crippen molar-refractivity contribution in [3.05, 3.63) is 12.7 Å². The lowest BCUT2D eigenvalue weighted by Gasteiger charge is -2.31. The number of nitrogens with one attached hydrogen (secondary N) is 3. The third-order valence-electron chi connectivity index (χ3n) is 5.60. The van der Waals surface area contributed by atoms with E-state index in [0.717, 1.165) is 6.08 Å². The molecule has 1 unspecified atom stereocenters. The zero-order valence-electron chi connectivity index (χ0n) is 24.1. The van der Waals surface area contributed by atoms with Crippen LogP contribution < -0.4 is 16.0 Å². The first-order valence-electron chi connectivity index (χ1n) is 13.4. The molecule has 220 valence electrons. The van der Waals surface area contributed by atoms with Crippen molar-refractivity contribution < 1.29 is 38.1 Å². The minimum Gasteiger partial charge on any atom is -0.465 e. The lowest BCUT2D eigenvalue weighted by Crippen LogP contribution is -2.40. The number of esters is 4. The summed E-state index contributed by atoms with van der Waals surface area (Å²) < 4.78 is 21.4. The Hall–Kier alpha value is -2.50. The molecule has 0 aliphatic carbocycles. The molecule has 1 atom stereocenters. The van der Waals surface area contributed by atoms with E-state index >= 15 is 0 Å². The van der Waals surface area contributed by atoms with Gasteiger partial charge in [0, 0.05) is 43.8 Å². The van der Waals surface area contributed by atoms with Gasteiger partial charge in [-0.2, -0.15) is 0 Å². The monoisotopic (exact) mass is 543 g/mol. The number of ether oxygens (including phenoxy) is 4. The predicted octanol–water partition coefficient (Wildman–Crippen LogP) is 1.89. The lowest BCUT2D eigenvalue weighted by molar-refractivity contribution is -0.162. The van der Waals surface area contributed by atoms with Gasteiger partial charge in [0.15, 0.2) is 0 Å². The van der Waals surface area contributed by atoms with Gasteiger partial charge in [-0.25, -0.2) is 4.79 Å². The van der Waals surface area contributed by atoms with Crippen molar-refractivity contribution in [2.75, 3.05) is 46.1 Å². The molecule has 11 heteroatoms. The van der Waals surface area contributed by atoms with Gasteiger partial charge in [-0.3, -0.25) is 14.4 Å². The minimum atomic E-state index is -0.864. The summed E-state index contributed by atoms with van der Waals surface area (Å²) in [5.41, 5.74) is -0.864. The van der Waals surface area contributed by atoms with Crippen LogP contribution in [-0.2, 0) is 38.1 Å². The van der Waals surface area contributed by atoms with Crippen LogP contribution in [0.15, 0.2) is 12.7 Å². The zero-order chi connectivity index (χ0) is 29.0. The first-order chi connectivity index (χ1) is 17.9. The predicted molar refractivity (Wildman–Crippen MR) is 144 cm³/mol. The van der Waals surface area contributed by atoms with Crippen molar-refractivity contribution in [3.63, 3.8) is 0 Å². The second-order valence-electron chi connectivity index (χ2n) is 9.99. The van der Waals surface area contributed by atoms with Gasteiger partial charge in [0.2, 0.25) is 0 Å². The normalized spacial score (nSPS) is 12.2. The summed E-state index contributed by atoms with van der Waals surface area (Å²) in [6, 6.07) is 0.345. The van der Waals surface area contributed by atoms with Crippen LogP contribution in [0.5, 0.6) is 0 Å². The topological polar surface area (TPSA) is 141 Å². The molecule has 0 saturated carbocycles. The Morgan fingerprint density at radius 3 is 1.45 bits per heavy atom. The average molecular weight is 544 g/mol. The van der Waals surface area contributed by atoms with E-state index in [9.17, 15) is 19.2 Å². The molecule has 0 bridgehead atoms. The number of hydrogen-bond donors (Lipinski definition) is 3. The second kappa shape index (κ2) is 20.5. The quantitative estimate of drug-likeness (QED) is 0.105. The average Bonchev–Trinajstić information content (AvgIpc) is 2.86. The summed E-state index contributed by atoms with van der Waals surface area (Å²) in [7, 11) is 0. The van der Waals surface area contributed by atoms with Gasteiger partial charge in [-0.1, -0.05) is 41.2 Å². The highest BCUT2D eigenvalue weighted by molar-refractivity contribution is 5.81. The molecule has 0 amide bonds. The summed E-state index contributed by atoms with van der Waals surface area (Å²) in [5.74, 6) is -1.73. The Morgan fingerprint density at radius 1 is 0.711 bits per heavy atom. The van der Waals surface area contributed by atoms with Crippen molar-refractivity contribution >= 4 is 23.9 Å². The van der Waals surface area contributed by atoms with Crippen LogP contribution >= 0.6 is 0 Å². The Morgan fingerprint density at radius 2 is 1.11 bits per heavy atom. The third-order valence-corrected chi connectivity index (χ3v) is 5.60. The Balaban J connectivity index is 4.88. The van der Waals surface area contributed by atoms with Gasteiger partial charge >= 0.3 is 23.9 Å². The van der Waals surface area contributed by atoms with Crippen LogP contribution in [0.2, 0.25) is 0 Å². The van der Waals surface area contributed by atoms with E-state index in [0.29, 0.717) is 26.1 Å². The molecule has 0 aliphatic heterocycles. The molecule has 0 saturated heterocycles. The minimum absolute atomic E-state index is 0.0429. The second-order valence-corrected chi connectivity index (χ2v) is 9.99. The number of hydrogen-bond acceptors (Lipinski definition) is 11. The van der Waals surface area contributed by atoms with Crippen LogP contribution in [0.4, 0.5) is 0 Å². The lowest BCUT2D eigenvalue weighted by atomic mass is 9.88. The fourth-order valence-electron chi connectivity index (χ4n) is 3.02. The van der Waals surface area contributed by atoms with Gasteiger partial charge in [0.1, 0.15) is 26.4 Å². The van der Waals surface area contributed by atoms with Gasteiger partial charge in [0.05, 0.1) is 24.7 Å². The molecule has 38 heavy (non-hydrogen) atoms. The fraction of sp³-hybridized carbons (Fsp3) is 0.778. The Labute approximate surface area is 227 Å². The highest BCUT2D eigenvalue weighted by Gasteiger charge is 2.34. The van der Waals surface area contributed by atoms with Crippen LogP contribution in [0.3, 0.4) is 0 Å². The SMILES string of the molecule is C=CC(=O)OCC(C)NCCC(=O)OCC(CC)(COC(=O)CCNC(C)C)COC(=O)CCNC(C)C. The summed E-state index contributed by atoms with van der Waals surface area (Å²) in [6.07, 6.45) is 2.03. The van der Waals surface area contributed by atoms with Crippen LogP contribution in [0.25, 0.3) is 0 Å². The van der Waals surface area contributed by atoms with Crippen LogP contribution in [0.1, 0.15) is 67.2 Å². The molecule has 0 radical (unpaired) electrons. The van der Waals surface area contributed by atoms with Gasteiger partial charge in [-0.15, -0.1) is 0 Å². The molecule has 0 aromatic heterocycles. The number of rotatable bonds is 22. The highest BCUT2D eigenvalue weighted by Crippen LogP contribution is 2.25. The van der Waals surface area contributed by atoms with Crippen molar-refractivity contribution in [1.29, 1.82) is 0 Å². The molecular weight excluding hydrogens is 494 g/mol. The maximum absolute atomic E-state index is 12.4. The molecule has 0 aliphatic rings. The molecule has 0 spiro atoms. The Bertz CT molecular complexity index is 697. The van der Waals surface area contributed by atoms with Gasteiger partial charge in [-0.05, 0) is 13.3 Å². The first kappa shape index (κ1) is 35.5. The van der Waals surface area contributed by atoms with E-state index in [2.05, 4.69) is 22.5 Å². The van der Waals surface area contributed by atoms with E-state index in [1.807, 2.05) is 41.5 Å². The maximum atomic E-state index is 12.4. The summed E-state index contributed by atoms with van der Waals surface area (Å²) >= 11 is 0.